The molecule has 13 rings (SSSR count). The van der Waals surface area contributed by atoms with E-state index in [2.05, 4.69) is 289 Å². The fourth-order valence-corrected chi connectivity index (χ4v) is 10.8. The normalized spacial score (nSPS) is 11.4. The third-order valence-electron chi connectivity index (χ3n) is 14.0. The Hall–Kier alpha value is -9.24. The van der Waals surface area contributed by atoms with Gasteiger partial charge < -0.3 is 9.47 Å². The molecule has 0 bridgehead atoms. The highest BCUT2D eigenvalue weighted by Crippen LogP contribution is 2.46. The number of benzene rings is 12. The second-order valence-electron chi connectivity index (χ2n) is 18.0. The number of nitrogens with zero attached hydrogens (tertiary/aromatic N) is 2. The van der Waals surface area contributed by atoms with Crippen LogP contribution < -0.4 is 4.90 Å². The Morgan fingerprint density at radius 1 is 0.243 bits per heavy atom. The molecule has 0 aliphatic carbocycles. The Labute approximate surface area is 408 Å². The van der Waals surface area contributed by atoms with Crippen LogP contribution in [-0.4, -0.2) is 4.57 Å². The Morgan fingerprint density at radius 2 is 0.714 bits per heavy atom. The zero-order chi connectivity index (χ0) is 46.4. The molecule has 0 spiro atoms. The molecule has 0 fully saturated rings. The minimum atomic E-state index is 1.07. The number of hydrogen-bond acceptors (Lipinski definition) is 1. The van der Waals surface area contributed by atoms with Gasteiger partial charge in [-0.15, -0.1) is 0 Å². The molecule has 0 aliphatic heterocycles. The molecule has 0 aliphatic rings. The van der Waals surface area contributed by atoms with Crippen molar-refractivity contribution >= 4 is 60.4 Å². The van der Waals surface area contributed by atoms with Gasteiger partial charge in [0.15, 0.2) is 0 Å². The van der Waals surface area contributed by atoms with Gasteiger partial charge in [-0.1, -0.05) is 218 Å². The monoisotopic (exact) mass is 890 g/mol. The number of aromatic nitrogens is 1. The highest BCUT2D eigenvalue weighted by molar-refractivity contribution is 6.14. The van der Waals surface area contributed by atoms with Crippen LogP contribution in [0.15, 0.2) is 279 Å². The van der Waals surface area contributed by atoms with Crippen LogP contribution in [0.4, 0.5) is 17.1 Å². The summed E-state index contributed by atoms with van der Waals surface area (Å²) in [6.45, 7) is 0. The Kier molecular flexibility index (Phi) is 10.2. The average Bonchev–Trinajstić information content (AvgIpc) is 3.77. The molecule has 0 radical (unpaired) electrons. The summed E-state index contributed by atoms with van der Waals surface area (Å²) >= 11 is 0. The topological polar surface area (TPSA) is 8.17 Å². The first kappa shape index (κ1) is 41.0. The number of rotatable bonds is 9. The summed E-state index contributed by atoms with van der Waals surface area (Å²) in [5, 5.41) is 7.53. The summed E-state index contributed by atoms with van der Waals surface area (Å²) in [5.74, 6) is 0. The van der Waals surface area contributed by atoms with Gasteiger partial charge in [-0.25, -0.2) is 0 Å². The fourth-order valence-electron chi connectivity index (χ4n) is 10.8. The maximum absolute atomic E-state index is 2.43. The zero-order valence-corrected chi connectivity index (χ0v) is 38.5. The van der Waals surface area contributed by atoms with Crippen molar-refractivity contribution in [2.45, 2.75) is 0 Å². The molecule has 0 unspecified atom stereocenters. The summed E-state index contributed by atoms with van der Waals surface area (Å²) in [5.41, 5.74) is 18.6. The van der Waals surface area contributed by atoms with E-state index in [1.165, 1.54) is 87.9 Å². The van der Waals surface area contributed by atoms with Crippen LogP contribution in [-0.2, 0) is 0 Å². The van der Waals surface area contributed by atoms with Gasteiger partial charge in [0.1, 0.15) is 0 Å². The lowest BCUT2D eigenvalue weighted by atomic mass is 9.88. The smallest absolute Gasteiger partial charge is 0.0547 e. The SMILES string of the molecule is c1ccc(-c2ccccc2-c2ccccc2-c2ccccc2N(c2ccc(-c3ccc4c5ccccc5n(-c5ccccc5)c4c3)cc2)c2ccc(-c3cc4ccccc4c4ccccc34)cc2)cc1. The van der Waals surface area contributed by atoms with Crippen molar-refractivity contribution in [3.8, 4) is 61.3 Å². The lowest BCUT2D eigenvalue weighted by Gasteiger charge is -2.29. The first-order chi connectivity index (χ1) is 34.7. The predicted molar refractivity (Wildman–Crippen MR) is 298 cm³/mol. The molecule has 1 heterocycles. The fraction of sp³-hybridized carbons (Fsp3) is 0. The van der Waals surface area contributed by atoms with Crippen molar-refractivity contribution in [3.63, 3.8) is 0 Å². The quantitative estimate of drug-likeness (QED) is 0.131. The lowest BCUT2D eigenvalue weighted by molar-refractivity contribution is 1.18. The van der Waals surface area contributed by atoms with Crippen LogP contribution in [0.2, 0.25) is 0 Å². The highest BCUT2D eigenvalue weighted by atomic mass is 15.1. The molecule has 70 heavy (non-hydrogen) atoms. The second kappa shape index (κ2) is 17.4. The van der Waals surface area contributed by atoms with Crippen LogP contribution in [0.3, 0.4) is 0 Å². The van der Waals surface area contributed by atoms with Crippen LogP contribution in [0.25, 0.3) is 105 Å². The van der Waals surface area contributed by atoms with Crippen molar-refractivity contribution < 1.29 is 0 Å². The van der Waals surface area contributed by atoms with Gasteiger partial charge >= 0.3 is 0 Å². The van der Waals surface area contributed by atoms with Gasteiger partial charge in [0.05, 0.1) is 16.7 Å². The molecule has 0 amide bonds. The summed E-state index contributed by atoms with van der Waals surface area (Å²) in [6, 6.07) is 102. The summed E-state index contributed by atoms with van der Waals surface area (Å²) < 4.78 is 2.39. The van der Waals surface area contributed by atoms with E-state index in [0.717, 1.165) is 33.9 Å². The minimum Gasteiger partial charge on any atom is -0.310 e. The van der Waals surface area contributed by atoms with Crippen LogP contribution in [0, 0.1) is 0 Å². The van der Waals surface area contributed by atoms with E-state index < -0.39 is 0 Å². The van der Waals surface area contributed by atoms with Crippen LogP contribution in [0.1, 0.15) is 0 Å². The third kappa shape index (κ3) is 7.13. The standard InChI is InChI=1S/C68H46N2/c1-3-19-48(20-4-1)55-24-9-10-26-57(55)59-28-12-13-29-60(59)62-31-15-17-33-66(62)69(54-42-37-49(38-43-54)65-45-51-21-7-8-25-56(51)58-27-11-14-30-61(58)65)53-40-35-47(36-41-53)50-39-44-64-63-32-16-18-34-67(63)70(68(64)46-50)52-22-5-2-6-23-52/h1-46H. The molecule has 13 aromatic rings. The molecule has 12 aromatic carbocycles. The first-order valence-corrected chi connectivity index (χ1v) is 24.1. The third-order valence-corrected chi connectivity index (χ3v) is 14.0. The molecule has 2 nitrogen and oxygen atoms in total. The minimum absolute atomic E-state index is 1.07. The van der Waals surface area contributed by atoms with Gasteiger partial charge in [-0.05, 0) is 132 Å². The van der Waals surface area contributed by atoms with Crippen molar-refractivity contribution in [1.82, 2.24) is 4.57 Å². The molecule has 2 heteroatoms. The molecule has 0 saturated carbocycles. The molecule has 0 saturated heterocycles. The number of fused-ring (bicyclic) bond motifs is 6. The van der Waals surface area contributed by atoms with E-state index in [9.17, 15) is 0 Å². The van der Waals surface area contributed by atoms with Gasteiger partial charge in [0, 0.05) is 33.4 Å². The maximum atomic E-state index is 2.43. The molecule has 1 aromatic heterocycles. The molecular weight excluding hydrogens is 845 g/mol. The van der Waals surface area contributed by atoms with E-state index in [1.807, 2.05) is 0 Å². The number of para-hydroxylation sites is 3. The van der Waals surface area contributed by atoms with Gasteiger partial charge in [0.25, 0.3) is 0 Å². The van der Waals surface area contributed by atoms with Crippen molar-refractivity contribution in [3.05, 3.63) is 279 Å². The van der Waals surface area contributed by atoms with E-state index in [4.69, 9.17) is 0 Å². The average molecular weight is 891 g/mol. The van der Waals surface area contributed by atoms with Gasteiger partial charge in [-0.2, -0.15) is 0 Å². The zero-order valence-electron chi connectivity index (χ0n) is 38.5. The van der Waals surface area contributed by atoms with E-state index >= 15 is 0 Å². The summed E-state index contributed by atoms with van der Waals surface area (Å²) in [4.78, 5) is 2.43. The second-order valence-corrected chi connectivity index (χ2v) is 18.0. The van der Waals surface area contributed by atoms with E-state index in [-0.39, 0.29) is 0 Å². The Balaban J connectivity index is 0.962. The largest absolute Gasteiger partial charge is 0.310 e. The van der Waals surface area contributed by atoms with Crippen molar-refractivity contribution in [2.75, 3.05) is 4.90 Å². The molecule has 0 N–H and O–H groups in total. The van der Waals surface area contributed by atoms with Gasteiger partial charge in [-0.3, -0.25) is 0 Å². The summed E-state index contributed by atoms with van der Waals surface area (Å²) in [6.07, 6.45) is 0. The van der Waals surface area contributed by atoms with Crippen LogP contribution in [0.5, 0.6) is 0 Å². The van der Waals surface area contributed by atoms with E-state index in [0.29, 0.717) is 0 Å². The Bertz CT molecular complexity index is 4040. The summed E-state index contributed by atoms with van der Waals surface area (Å²) in [7, 11) is 0. The van der Waals surface area contributed by atoms with Crippen LogP contribution >= 0.6 is 0 Å². The molecule has 0 atom stereocenters. The van der Waals surface area contributed by atoms with Crippen molar-refractivity contribution in [2.24, 2.45) is 0 Å². The highest BCUT2D eigenvalue weighted by Gasteiger charge is 2.21. The van der Waals surface area contributed by atoms with E-state index in [1.54, 1.807) is 0 Å². The number of anilines is 3. The first-order valence-electron chi connectivity index (χ1n) is 24.1. The Morgan fingerprint density at radius 3 is 1.43 bits per heavy atom. The maximum Gasteiger partial charge on any atom is 0.0547 e. The molecular formula is C68H46N2. The predicted octanol–water partition coefficient (Wildman–Crippen LogP) is 18.9. The lowest BCUT2D eigenvalue weighted by Crippen LogP contribution is -2.11. The molecule has 328 valence electrons. The number of hydrogen-bond donors (Lipinski definition) is 0. The van der Waals surface area contributed by atoms with Gasteiger partial charge in [0.2, 0.25) is 0 Å². The van der Waals surface area contributed by atoms with Crippen molar-refractivity contribution in [1.29, 1.82) is 0 Å².